The van der Waals surface area contributed by atoms with Crippen LogP contribution in [-0.2, 0) is 4.74 Å². The summed E-state index contributed by atoms with van der Waals surface area (Å²) in [5.74, 6) is 0. The van der Waals surface area contributed by atoms with Crippen molar-refractivity contribution in [2.75, 3.05) is 13.1 Å². The molecule has 0 aromatic carbocycles. The molecule has 2 rings (SSSR count). The van der Waals surface area contributed by atoms with E-state index in [2.05, 4.69) is 6.58 Å². The number of carbonyl (C=O) groups excluding carboxylic acids is 1. The monoisotopic (exact) mass is 237 g/mol. The molecule has 1 aliphatic heterocycles. The summed E-state index contributed by atoms with van der Waals surface area (Å²) >= 11 is 0. The van der Waals surface area contributed by atoms with Crippen LogP contribution in [0.5, 0.6) is 0 Å². The maximum absolute atomic E-state index is 12.1. The van der Waals surface area contributed by atoms with Gasteiger partial charge in [-0.1, -0.05) is 13.0 Å². The van der Waals surface area contributed by atoms with Gasteiger partial charge in [0, 0.05) is 13.1 Å². The largest absolute Gasteiger partial charge is 0.439 e. The molecule has 2 fully saturated rings. The van der Waals surface area contributed by atoms with Crippen LogP contribution in [0.25, 0.3) is 0 Å². The van der Waals surface area contributed by atoms with Gasteiger partial charge in [0.15, 0.2) is 0 Å². The van der Waals surface area contributed by atoms with Gasteiger partial charge in [0.2, 0.25) is 0 Å². The molecule has 0 aromatic rings. The van der Waals surface area contributed by atoms with E-state index in [4.69, 9.17) is 4.74 Å². The van der Waals surface area contributed by atoms with Gasteiger partial charge in [0.1, 0.15) is 5.60 Å². The van der Waals surface area contributed by atoms with Crippen LogP contribution in [-0.4, -0.2) is 29.7 Å². The Bertz CT molecular complexity index is 276. The van der Waals surface area contributed by atoms with Crippen LogP contribution >= 0.6 is 0 Å². The zero-order chi connectivity index (χ0) is 12.1. The highest BCUT2D eigenvalue weighted by Gasteiger charge is 2.34. The molecule has 17 heavy (non-hydrogen) atoms. The van der Waals surface area contributed by atoms with Gasteiger partial charge in [-0.15, -0.1) is 0 Å². The van der Waals surface area contributed by atoms with Crippen molar-refractivity contribution in [1.82, 2.24) is 4.90 Å². The van der Waals surface area contributed by atoms with Gasteiger partial charge < -0.3 is 9.64 Å². The summed E-state index contributed by atoms with van der Waals surface area (Å²) in [7, 11) is 0. The van der Waals surface area contributed by atoms with Crippen molar-refractivity contribution in [2.24, 2.45) is 0 Å². The minimum atomic E-state index is -0.382. The molecule has 0 aromatic heterocycles. The molecular weight excluding hydrogens is 214 g/mol. The fourth-order valence-electron chi connectivity index (χ4n) is 2.81. The first-order valence-electron chi connectivity index (χ1n) is 6.87. The van der Waals surface area contributed by atoms with Crippen molar-refractivity contribution in [3.8, 4) is 0 Å². The first kappa shape index (κ1) is 12.5. The standard InChI is InChI=1S/C14H23NO2/c1-2-14(9-5-3-6-10-14)17-13(16)15-11-7-4-8-12-15/h2H,1,3-12H2. The summed E-state index contributed by atoms with van der Waals surface area (Å²) in [4.78, 5) is 13.9. The topological polar surface area (TPSA) is 29.5 Å². The Morgan fingerprint density at radius 2 is 1.65 bits per heavy atom. The lowest BCUT2D eigenvalue weighted by atomic mass is 9.85. The fourth-order valence-corrected chi connectivity index (χ4v) is 2.81. The average Bonchev–Trinajstić information content (AvgIpc) is 2.41. The quantitative estimate of drug-likeness (QED) is 0.688. The molecule has 0 unspecified atom stereocenters. The van der Waals surface area contributed by atoms with Gasteiger partial charge in [-0.25, -0.2) is 4.79 Å². The van der Waals surface area contributed by atoms with E-state index in [9.17, 15) is 4.79 Å². The number of hydrogen-bond acceptors (Lipinski definition) is 2. The van der Waals surface area contributed by atoms with Crippen molar-refractivity contribution in [2.45, 2.75) is 57.0 Å². The molecule has 1 heterocycles. The van der Waals surface area contributed by atoms with Crippen LogP contribution in [0.1, 0.15) is 51.4 Å². The summed E-state index contributed by atoms with van der Waals surface area (Å²) in [5.41, 5.74) is -0.382. The van der Waals surface area contributed by atoms with E-state index in [0.29, 0.717) is 0 Å². The Balaban J connectivity index is 1.92. The van der Waals surface area contributed by atoms with Crippen molar-refractivity contribution >= 4 is 6.09 Å². The van der Waals surface area contributed by atoms with Crippen molar-refractivity contribution < 1.29 is 9.53 Å². The highest BCUT2D eigenvalue weighted by atomic mass is 16.6. The summed E-state index contributed by atoms with van der Waals surface area (Å²) in [5, 5.41) is 0. The van der Waals surface area contributed by atoms with E-state index in [1.807, 2.05) is 11.0 Å². The second-order valence-electron chi connectivity index (χ2n) is 5.25. The first-order valence-corrected chi connectivity index (χ1v) is 6.87. The highest BCUT2D eigenvalue weighted by Crippen LogP contribution is 2.33. The second kappa shape index (κ2) is 5.56. The Morgan fingerprint density at radius 1 is 1.06 bits per heavy atom. The Hall–Kier alpha value is -0.990. The van der Waals surface area contributed by atoms with Gasteiger partial charge in [-0.2, -0.15) is 0 Å². The van der Waals surface area contributed by atoms with E-state index in [1.165, 1.54) is 12.8 Å². The van der Waals surface area contributed by atoms with Gasteiger partial charge in [-0.3, -0.25) is 0 Å². The minimum absolute atomic E-state index is 0.133. The van der Waals surface area contributed by atoms with Crippen LogP contribution in [0.4, 0.5) is 4.79 Å². The predicted molar refractivity (Wildman–Crippen MR) is 67.9 cm³/mol. The highest BCUT2D eigenvalue weighted by molar-refractivity contribution is 5.68. The molecule has 1 saturated heterocycles. The van der Waals surface area contributed by atoms with Crippen molar-refractivity contribution in [1.29, 1.82) is 0 Å². The number of ether oxygens (including phenoxy) is 1. The molecule has 3 nitrogen and oxygen atoms in total. The fraction of sp³-hybridized carbons (Fsp3) is 0.786. The Kier molecular flexibility index (Phi) is 4.08. The lowest BCUT2D eigenvalue weighted by molar-refractivity contribution is -0.00350. The molecule has 0 atom stereocenters. The summed E-state index contributed by atoms with van der Waals surface area (Å²) in [6.45, 7) is 5.57. The van der Waals surface area contributed by atoms with Crippen LogP contribution in [0, 0.1) is 0 Å². The normalized spacial score (nSPS) is 24.1. The third-order valence-electron chi connectivity index (χ3n) is 3.98. The smallest absolute Gasteiger partial charge is 0.410 e. The Labute approximate surface area is 104 Å². The van der Waals surface area contributed by atoms with E-state index in [-0.39, 0.29) is 11.7 Å². The number of hydrogen-bond donors (Lipinski definition) is 0. The molecule has 1 amide bonds. The van der Waals surface area contributed by atoms with Crippen molar-refractivity contribution in [3.05, 3.63) is 12.7 Å². The number of carbonyl (C=O) groups is 1. The molecule has 0 radical (unpaired) electrons. The second-order valence-corrected chi connectivity index (χ2v) is 5.25. The summed E-state index contributed by atoms with van der Waals surface area (Å²) in [6, 6.07) is 0. The van der Waals surface area contributed by atoms with Crippen molar-refractivity contribution in [3.63, 3.8) is 0 Å². The minimum Gasteiger partial charge on any atom is -0.439 e. The van der Waals surface area contributed by atoms with E-state index in [0.717, 1.165) is 51.6 Å². The maximum atomic E-state index is 12.1. The molecule has 3 heteroatoms. The number of likely N-dealkylation sites (tertiary alicyclic amines) is 1. The van der Waals surface area contributed by atoms with Crippen LogP contribution in [0.3, 0.4) is 0 Å². The number of amides is 1. The summed E-state index contributed by atoms with van der Waals surface area (Å²) < 4.78 is 5.74. The molecule has 2 aliphatic rings. The zero-order valence-corrected chi connectivity index (χ0v) is 10.6. The lowest BCUT2D eigenvalue weighted by Gasteiger charge is -2.36. The van der Waals surface area contributed by atoms with Crippen LogP contribution in [0.2, 0.25) is 0 Å². The SMILES string of the molecule is C=CC1(OC(=O)N2CCCCC2)CCCCC1. The number of piperidine rings is 1. The molecule has 0 bridgehead atoms. The zero-order valence-electron chi connectivity index (χ0n) is 10.6. The molecule has 96 valence electrons. The maximum Gasteiger partial charge on any atom is 0.410 e. The van der Waals surface area contributed by atoms with E-state index >= 15 is 0 Å². The molecule has 1 saturated carbocycles. The van der Waals surface area contributed by atoms with Gasteiger partial charge in [0.05, 0.1) is 0 Å². The molecular formula is C14H23NO2. The van der Waals surface area contributed by atoms with Gasteiger partial charge >= 0.3 is 6.09 Å². The van der Waals surface area contributed by atoms with Crippen LogP contribution in [0.15, 0.2) is 12.7 Å². The molecule has 1 aliphatic carbocycles. The third kappa shape index (κ3) is 3.02. The lowest BCUT2D eigenvalue weighted by Crippen LogP contribution is -2.43. The number of rotatable bonds is 2. The van der Waals surface area contributed by atoms with Gasteiger partial charge in [-0.05, 0) is 51.0 Å². The molecule has 0 N–H and O–H groups in total. The Morgan fingerprint density at radius 3 is 2.24 bits per heavy atom. The van der Waals surface area contributed by atoms with E-state index in [1.54, 1.807) is 0 Å². The predicted octanol–water partition coefficient (Wildman–Crippen LogP) is 3.50. The summed E-state index contributed by atoms with van der Waals surface area (Å²) in [6.07, 6.45) is 10.6. The van der Waals surface area contributed by atoms with E-state index < -0.39 is 0 Å². The van der Waals surface area contributed by atoms with Gasteiger partial charge in [0.25, 0.3) is 0 Å². The van der Waals surface area contributed by atoms with Crippen LogP contribution < -0.4 is 0 Å². The number of nitrogens with zero attached hydrogens (tertiary/aromatic N) is 1. The average molecular weight is 237 g/mol. The molecule has 0 spiro atoms. The third-order valence-corrected chi connectivity index (χ3v) is 3.98. The first-order chi connectivity index (χ1) is 8.26.